The standard InChI is InChI=1S/C19H27NO4.C18H27NO5/c1-5-15-17(21)12(2)18-19(23-15)16(20(4)24-18)13(3)22-11-14-9-7-6-8-10-14;1-11-16(21)14(9-20)23-18-15(19(3)24-17(11)18)12(2)22-10-13-7-5-4-6-8-13/h5-10,12-13,15-19,21H,1,11H2,2-4H3;4-8,11-12,14-18,20-21H,9-10H2,1-3H3/t12-,13+,15?,16+,17+,18?,19+;11-,12+,14?,15+,16+,17?,18+/m00/s1. The Morgan fingerprint density at radius 3 is 1.60 bits per heavy atom. The van der Waals surface area contributed by atoms with Gasteiger partial charge in [0, 0.05) is 25.9 Å². The molecule has 3 N–H and O–H groups in total. The minimum atomic E-state index is -0.732. The van der Waals surface area contributed by atoms with Crippen molar-refractivity contribution in [1.29, 1.82) is 0 Å². The molecule has 4 saturated heterocycles. The summed E-state index contributed by atoms with van der Waals surface area (Å²) in [6.45, 7) is 12.6. The van der Waals surface area contributed by atoms with Crippen molar-refractivity contribution in [3.8, 4) is 0 Å². The van der Waals surface area contributed by atoms with Gasteiger partial charge < -0.3 is 34.3 Å². The number of hydrogen-bond acceptors (Lipinski definition) is 11. The van der Waals surface area contributed by atoms with E-state index in [1.54, 1.807) is 11.1 Å². The average Bonchev–Trinajstić information content (AvgIpc) is 3.62. The molecular formula is C37H54N2O9. The third-order valence-electron chi connectivity index (χ3n) is 10.3. The third-order valence-corrected chi connectivity index (χ3v) is 10.3. The predicted octanol–water partition coefficient (Wildman–Crippen LogP) is 3.12. The van der Waals surface area contributed by atoms with Crippen LogP contribution in [0.3, 0.4) is 0 Å². The lowest BCUT2D eigenvalue weighted by molar-refractivity contribution is -0.215. The summed E-state index contributed by atoms with van der Waals surface area (Å²) in [7, 11) is 3.76. The van der Waals surface area contributed by atoms with Crippen molar-refractivity contribution in [1.82, 2.24) is 10.1 Å². The molecule has 266 valence electrons. The van der Waals surface area contributed by atoms with E-state index in [0.29, 0.717) is 13.2 Å². The average molecular weight is 671 g/mol. The summed E-state index contributed by atoms with van der Waals surface area (Å²) in [5.74, 6) is -0.143. The fraction of sp³-hybridized carbons (Fsp3) is 0.622. The van der Waals surface area contributed by atoms with Crippen LogP contribution in [0.15, 0.2) is 73.3 Å². The minimum Gasteiger partial charge on any atom is -0.394 e. The fourth-order valence-electron chi connectivity index (χ4n) is 7.40. The highest BCUT2D eigenvalue weighted by atomic mass is 16.7. The van der Waals surface area contributed by atoms with E-state index in [9.17, 15) is 15.3 Å². The summed E-state index contributed by atoms with van der Waals surface area (Å²) in [4.78, 5) is 11.9. The summed E-state index contributed by atoms with van der Waals surface area (Å²) in [5, 5.41) is 33.6. The van der Waals surface area contributed by atoms with Crippen LogP contribution in [0, 0.1) is 11.8 Å². The second-order valence-corrected chi connectivity index (χ2v) is 13.5. The molecule has 14 atom stereocenters. The summed E-state index contributed by atoms with van der Waals surface area (Å²) in [6, 6.07) is 20.0. The molecule has 0 bridgehead atoms. The van der Waals surface area contributed by atoms with Gasteiger partial charge in [0.1, 0.15) is 36.6 Å². The number of hydrogen-bond donors (Lipinski definition) is 3. The van der Waals surface area contributed by atoms with Crippen molar-refractivity contribution in [2.75, 3.05) is 20.7 Å². The van der Waals surface area contributed by atoms with Crippen LogP contribution in [0.1, 0.15) is 38.8 Å². The van der Waals surface area contributed by atoms with Gasteiger partial charge in [-0.25, -0.2) is 0 Å². The summed E-state index contributed by atoms with van der Waals surface area (Å²) >= 11 is 0. The van der Waals surface area contributed by atoms with Crippen molar-refractivity contribution in [3.63, 3.8) is 0 Å². The van der Waals surface area contributed by atoms with Gasteiger partial charge >= 0.3 is 0 Å². The number of hydroxylamine groups is 4. The van der Waals surface area contributed by atoms with Crippen molar-refractivity contribution in [3.05, 3.63) is 84.4 Å². The zero-order valence-electron chi connectivity index (χ0n) is 28.9. The maximum absolute atomic E-state index is 10.3. The molecule has 4 fully saturated rings. The number of fused-ring (bicyclic) bond motifs is 2. The van der Waals surface area contributed by atoms with Gasteiger partial charge in [-0.15, -0.1) is 6.58 Å². The lowest BCUT2D eigenvalue weighted by Gasteiger charge is -2.40. The predicted molar refractivity (Wildman–Crippen MR) is 179 cm³/mol. The smallest absolute Gasteiger partial charge is 0.112 e. The van der Waals surface area contributed by atoms with Gasteiger partial charge in [-0.3, -0.25) is 9.68 Å². The molecular weight excluding hydrogens is 616 g/mol. The molecule has 4 aliphatic rings. The van der Waals surface area contributed by atoms with Gasteiger partial charge in [0.05, 0.1) is 56.3 Å². The molecule has 2 aromatic carbocycles. The molecule has 4 aliphatic heterocycles. The van der Waals surface area contributed by atoms with Crippen LogP contribution in [0.5, 0.6) is 0 Å². The molecule has 11 heteroatoms. The monoisotopic (exact) mass is 670 g/mol. The Morgan fingerprint density at radius 2 is 1.17 bits per heavy atom. The number of ether oxygens (including phenoxy) is 4. The SMILES string of the molecule is C=CC1O[C@H]2C(ON(C)[C@@H]2[C@@H](C)OCc2ccccc2)[C@@H](C)[C@H]1O.C[C@@H]1C2ON(C)[C@H]([C@@H](C)OCc3ccccc3)[C@H]2OC(CO)[C@@H]1O. The molecule has 0 radical (unpaired) electrons. The Balaban J connectivity index is 0.000000188. The van der Waals surface area contributed by atoms with E-state index in [1.807, 2.05) is 108 Å². The van der Waals surface area contributed by atoms with E-state index in [0.717, 1.165) is 11.1 Å². The molecule has 4 unspecified atom stereocenters. The van der Waals surface area contributed by atoms with Gasteiger partial charge in [0.25, 0.3) is 0 Å². The molecule has 0 saturated carbocycles. The largest absolute Gasteiger partial charge is 0.394 e. The second kappa shape index (κ2) is 16.6. The van der Waals surface area contributed by atoms with Gasteiger partial charge in [-0.1, -0.05) is 80.6 Å². The summed E-state index contributed by atoms with van der Waals surface area (Å²) in [6.07, 6.45) is -1.61. The Hall–Kier alpha value is -2.26. The first-order chi connectivity index (χ1) is 23.0. The normalized spacial score (nSPS) is 37.9. The zero-order valence-corrected chi connectivity index (χ0v) is 28.9. The van der Waals surface area contributed by atoms with E-state index in [1.165, 1.54) is 0 Å². The lowest BCUT2D eigenvalue weighted by atomic mass is 9.84. The van der Waals surface area contributed by atoms with Crippen LogP contribution in [-0.4, -0.2) is 119 Å². The van der Waals surface area contributed by atoms with Crippen LogP contribution in [0.4, 0.5) is 0 Å². The van der Waals surface area contributed by atoms with Gasteiger partial charge in [0.15, 0.2) is 0 Å². The molecule has 0 aromatic heterocycles. The lowest BCUT2D eigenvalue weighted by Crippen LogP contribution is -2.56. The second-order valence-electron chi connectivity index (χ2n) is 13.5. The maximum atomic E-state index is 10.3. The molecule has 0 amide bonds. The first kappa shape index (κ1) is 37.0. The van der Waals surface area contributed by atoms with Gasteiger partial charge in [-0.05, 0) is 25.0 Å². The van der Waals surface area contributed by atoms with Crippen molar-refractivity contribution in [2.45, 2.75) is 114 Å². The number of aliphatic hydroxyl groups excluding tert-OH is 3. The number of likely N-dealkylation sites (N-methyl/N-ethyl adjacent to an activating group) is 2. The zero-order chi connectivity index (χ0) is 34.5. The van der Waals surface area contributed by atoms with E-state index in [2.05, 4.69) is 6.58 Å². The molecule has 0 spiro atoms. The van der Waals surface area contributed by atoms with E-state index in [-0.39, 0.29) is 73.3 Å². The van der Waals surface area contributed by atoms with Crippen LogP contribution >= 0.6 is 0 Å². The van der Waals surface area contributed by atoms with Gasteiger partial charge in [0.2, 0.25) is 0 Å². The number of aliphatic hydroxyl groups is 3. The van der Waals surface area contributed by atoms with Gasteiger partial charge in [-0.2, -0.15) is 10.1 Å². The molecule has 48 heavy (non-hydrogen) atoms. The fourth-order valence-corrected chi connectivity index (χ4v) is 7.40. The first-order valence-corrected chi connectivity index (χ1v) is 17.1. The molecule has 11 nitrogen and oxygen atoms in total. The number of benzene rings is 2. The topological polar surface area (TPSA) is 123 Å². The summed E-state index contributed by atoms with van der Waals surface area (Å²) < 4.78 is 24.1. The highest BCUT2D eigenvalue weighted by Gasteiger charge is 2.55. The molecule has 2 aromatic rings. The third kappa shape index (κ3) is 8.03. The van der Waals surface area contributed by atoms with Crippen molar-refractivity contribution >= 4 is 0 Å². The van der Waals surface area contributed by atoms with Crippen LogP contribution in [0.2, 0.25) is 0 Å². The first-order valence-electron chi connectivity index (χ1n) is 17.1. The van der Waals surface area contributed by atoms with E-state index in [4.69, 9.17) is 28.6 Å². The number of rotatable bonds is 10. The maximum Gasteiger partial charge on any atom is 0.112 e. The minimum absolute atomic E-state index is 0.0273. The Morgan fingerprint density at radius 1 is 0.729 bits per heavy atom. The summed E-state index contributed by atoms with van der Waals surface area (Å²) in [5.41, 5.74) is 2.25. The Bertz CT molecular complexity index is 1270. The number of nitrogens with zero attached hydrogens (tertiary/aromatic N) is 2. The van der Waals surface area contributed by atoms with Crippen molar-refractivity contribution in [2.24, 2.45) is 11.8 Å². The van der Waals surface area contributed by atoms with Crippen LogP contribution in [-0.2, 0) is 41.8 Å². The Labute approximate surface area is 284 Å². The van der Waals surface area contributed by atoms with Crippen LogP contribution < -0.4 is 0 Å². The van der Waals surface area contributed by atoms with Crippen LogP contribution in [0.25, 0.3) is 0 Å². The molecule has 4 heterocycles. The molecule has 6 rings (SSSR count). The molecule has 0 aliphatic carbocycles. The van der Waals surface area contributed by atoms with E-state index < -0.39 is 18.3 Å². The van der Waals surface area contributed by atoms with Crippen molar-refractivity contribution < 1.29 is 43.9 Å². The highest BCUT2D eigenvalue weighted by molar-refractivity contribution is 5.14. The van der Waals surface area contributed by atoms with E-state index >= 15 is 0 Å². The quantitative estimate of drug-likeness (QED) is 0.324. The highest BCUT2D eigenvalue weighted by Crippen LogP contribution is 2.39. The Kier molecular flexibility index (Phi) is 12.8.